The van der Waals surface area contributed by atoms with E-state index in [0.717, 1.165) is 16.9 Å². The van der Waals surface area contributed by atoms with Gasteiger partial charge in [0.1, 0.15) is 5.75 Å². The van der Waals surface area contributed by atoms with Crippen LogP contribution in [0, 0.1) is 6.92 Å². The summed E-state index contributed by atoms with van der Waals surface area (Å²) in [7, 11) is 0. The van der Waals surface area contributed by atoms with Gasteiger partial charge >= 0.3 is 6.03 Å². The van der Waals surface area contributed by atoms with Gasteiger partial charge in [-0.2, -0.15) is 0 Å². The van der Waals surface area contributed by atoms with E-state index in [-0.39, 0.29) is 6.03 Å². The van der Waals surface area contributed by atoms with Gasteiger partial charge in [0.25, 0.3) is 0 Å². The molecule has 0 heterocycles. The molecule has 1 atom stereocenters. The van der Waals surface area contributed by atoms with Crippen LogP contribution in [0.3, 0.4) is 0 Å². The lowest BCUT2D eigenvalue weighted by molar-refractivity contribution is 0.181. The minimum Gasteiger partial charge on any atom is -0.471 e. The molecule has 4 N–H and O–H groups in total. The second kappa shape index (κ2) is 7.73. The third kappa shape index (κ3) is 4.65. The summed E-state index contributed by atoms with van der Waals surface area (Å²) in [6.07, 6.45) is -0.475. The molecule has 5 nitrogen and oxygen atoms in total. The summed E-state index contributed by atoms with van der Waals surface area (Å²) in [6, 6.07) is 13.0. The largest absolute Gasteiger partial charge is 0.471 e. The Morgan fingerprint density at radius 1 is 1.12 bits per heavy atom. The van der Waals surface area contributed by atoms with Gasteiger partial charge in [-0.3, -0.25) is 0 Å². The summed E-state index contributed by atoms with van der Waals surface area (Å²) in [4.78, 5) is 12.1. The summed E-state index contributed by atoms with van der Waals surface area (Å²) in [6.45, 7) is 7.94. The first kappa shape index (κ1) is 17.7. The first-order chi connectivity index (χ1) is 11.4. The highest BCUT2D eigenvalue weighted by molar-refractivity contribution is 5.92. The van der Waals surface area contributed by atoms with E-state index in [1.54, 1.807) is 13.0 Å². The molecular formula is C19H25N3O2. The molecule has 24 heavy (non-hydrogen) atoms. The Bertz CT molecular complexity index is 714. The Labute approximate surface area is 143 Å². The molecule has 2 aromatic rings. The van der Waals surface area contributed by atoms with E-state index in [2.05, 4.69) is 24.5 Å². The Morgan fingerprint density at radius 3 is 2.50 bits per heavy atom. The average Bonchev–Trinajstić information content (AvgIpc) is 2.50. The smallest absolute Gasteiger partial charge is 0.322 e. The minimum atomic E-state index is -0.475. The van der Waals surface area contributed by atoms with E-state index in [9.17, 15) is 4.79 Å². The number of nitrogen functional groups attached to an aromatic ring is 1. The van der Waals surface area contributed by atoms with Crippen LogP contribution in [0.1, 0.15) is 37.8 Å². The van der Waals surface area contributed by atoms with Gasteiger partial charge in [0.15, 0.2) is 6.23 Å². The van der Waals surface area contributed by atoms with Crippen molar-refractivity contribution < 1.29 is 9.53 Å². The molecule has 0 fully saturated rings. The third-order valence-corrected chi connectivity index (χ3v) is 3.63. The molecule has 0 saturated heterocycles. The number of urea groups is 1. The Balaban J connectivity index is 1.97. The Morgan fingerprint density at radius 2 is 1.83 bits per heavy atom. The van der Waals surface area contributed by atoms with Crippen LogP contribution in [0.4, 0.5) is 16.2 Å². The Hall–Kier alpha value is -2.69. The molecule has 0 radical (unpaired) electrons. The van der Waals surface area contributed by atoms with E-state index < -0.39 is 6.23 Å². The van der Waals surface area contributed by atoms with Crippen molar-refractivity contribution in [3.8, 4) is 5.75 Å². The highest BCUT2D eigenvalue weighted by Gasteiger charge is 2.13. The third-order valence-electron chi connectivity index (χ3n) is 3.63. The fourth-order valence-corrected chi connectivity index (χ4v) is 2.42. The SMILES string of the molecule is Cc1ccc(NC(=O)NC(C)Oc2ccccc2C(C)C)c(N)c1. The number of ether oxygens (including phenoxy) is 1. The molecule has 0 aliphatic rings. The van der Waals surface area contributed by atoms with Crippen molar-refractivity contribution in [2.24, 2.45) is 0 Å². The lowest BCUT2D eigenvalue weighted by atomic mass is 10.0. The number of para-hydroxylation sites is 1. The predicted molar refractivity (Wildman–Crippen MR) is 98.4 cm³/mol. The molecule has 0 spiro atoms. The van der Waals surface area contributed by atoms with Crippen molar-refractivity contribution in [1.29, 1.82) is 0 Å². The van der Waals surface area contributed by atoms with Crippen molar-refractivity contribution in [3.05, 3.63) is 53.6 Å². The van der Waals surface area contributed by atoms with Gasteiger partial charge in [-0.15, -0.1) is 0 Å². The van der Waals surface area contributed by atoms with E-state index in [1.807, 2.05) is 43.3 Å². The lowest BCUT2D eigenvalue weighted by Crippen LogP contribution is -2.39. The van der Waals surface area contributed by atoms with Crippen molar-refractivity contribution in [2.75, 3.05) is 11.1 Å². The number of carbonyl (C=O) groups is 1. The standard InChI is InChI=1S/C19H25N3O2/c1-12(2)15-7-5-6-8-18(15)24-14(4)21-19(23)22-17-10-9-13(3)11-16(17)20/h5-12,14H,20H2,1-4H3,(H2,21,22,23). The maximum atomic E-state index is 12.1. The first-order valence-electron chi connectivity index (χ1n) is 8.06. The molecule has 0 aliphatic carbocycles. The zero-order valence-electron chi connectivity index (χ0n) is 14.6. The first-order valence-corrected chi connectivity index (χ1v) is 8.06. The number of benzene rings is 2. The molecule has 0 aromatic heterocycles. The number of carbonyl (C=O) groups excluding carboxylic acids is 1. The number of anilines is 2. The summed E-state index contributed by atoms with van der Waals surface area (Å²) >= 11 is 0. The number of hydrogen-bond donors (Lipinski definition) is 3. The number of nitrogens with one attached hydrogen (secondary N) is 2. The van der Waals surface area contributed by atoms with Gasteiger partial charge in [-0.05, 0) is 49.1 Å². The van der Waals surface area contributed by atoms with Gasteiger partial charge in [0.2, 0.25) is 0 Å². The zero-order chi connectivity index (χ0) is 17.7. The fourth-order valence-electron chi connectivity index (χ4n) is 2.42. The quantitative estimate of drug-likeness (QED) is 0.567. The number of aryl methyl sites for hydroxylation is 1. The average molecular weight is 327 g/mol. The van der Waals surface area contributed by atoms with Crippen LogP contribution in [0.2, 0.25) is 0 Å². The Kier molecular flexibility index (Phi) is 5.68. The summed E-state index contributed by atoms with van der Waals surface area (Å²) in [5.74, 6) is 1.12. The van der Waals surface area contributed by atoms with Gasteiger partial charge in [0.05, 0.1) is 11.4 Å². The van der Waals surface area contributed by atoms with Gasteiger partial charge < -0.3 is 21.1 Å². The van der Waals surface area contributed by atoms with E-state index in [1.165, 1.54) is 0 Å². The number of hydrogen-bond acceptors (Lipinski definition) is 3. The molecule has 0 aliphatic heterocycles. The molecule has 2 rings (SSSR count). The molecule has 5 heteroatoms. The molecule has 0 bridgehead atoms. The number of nitrogens with two attached hydrogens (primary N) is 1. The van der Waals surface area contributed by atoms with Crippen LogP contribution in [-0.2, 0) is 0 Å². The molecule has 128 valence electrons. The molecule has 1 unspecified atom stereocenters. The van der Waals surface area contributed by atoms with Crippen LogP contribution in [-0.4, -0.2) is 12.3 Å². The van der Waals surface area contributed by atoms with E-state index >= 15 is 0 Å². The lowest BCUT2D eigenvalue weighted by Gasteiger charge is -2.20. The molecule has 0 saturated carbocycles. The second-order valence-corrected chi connectivity index (χ2v) is 6.14. The highest BCUT2D eigenvalue weighted by Crippen LogP contribution is 2.26. The topological polar surface area (TPSA) is 76.4 Å². The monoisotopic (exact) mass is 327 g/mol. The van der Waals surface area contributed by atoms with Crippen LogP contribution in [0.15, 0.2) is 42.5 Å². The number of amides is 2. The zero-order valence-corrected chi connectivity index (χ0v) is 14.6. The normalized spacial score (nSPS) is 11.9. The van der Waals surface area contributed by atoms with Crippen LogP contribution in [0.25, 0.3) is 0 Å². The molecular weight excluding hydrogens is 302 g/mol. The van der Waals surface area contributed by atoms with Crippen molar-refractivity contribution in [2.45, 2.75) is 39.8 Å². The second-order valence-electron chi connectivity index (χ2n) is 6.14. The highest BCUT2D eigenvalue weighted by atomic mass is 16.5. The van der Waals surface area contributed by atoms with Gasteiger partial charge in [0, 0.05) is 0 Å². The fraction of sp³-hybridized carbons (Fsp3) is 0.316. The molecule has 2 aromatic carbocycles. The summed E-state index contributed by atoms with van der Waals surface area (Å²) in [5, 5.41) is 5.49. The summed E-state index contributed by atoms with van der Waals surface area (Å²) < 4.78 is 5.86. The predicted octanol–water partition coefficient (Wildman–Crippen LogP) is 4.25. The summed E-state index contributed by atoms with van der Waals surface area (Å²) in [5.41, 5.74) is 9.16. The van der Waals surface area contributed by atoms with Crippen molar-refractivity contribution >= 4 is 17.4 Å². The van der Waals surface area contributed by atoms with Crippen LogP contribution in [0.5, 0.6) is 5.75 Å². The van der Waals surface area contributed by atoms with Crippen molar-refractivity contribution in [3.63, 3.8) is 0 Å². The minimum absolute atomic E-state index is 0.342. The van der Waals surface area contributed by atoms with Gasteiger partial charge in [-0.1, -0.05) is 38.1 Å². The van der Waals surface area contributed by atoms with E-state index in [4.69, 9.17) is 10.5 Å². The van der Waals surface area contributed by atoms with E-state index in [0.29, 0.717) is 17.3 Å². The molecule has 2 amide bonds. The van der Waals surface area contributed by atoms with Crippen LogP contribution < -0.4 is 21.1 Å². The van der Waals surface area contributed by atoms with Crippen molar-refractivity contribution in [1.82, 2.24) is 5.32 Å². The maximum absolute atomic E-state index is 12.1. The number of rotatable bonds is 5. The van der Waals surface area contributed by atoms with Gasteiger partial charge in [-0.25, -0.2) is 4.79 Å². The maximum Gasteiger partial charge on any atom is 0.322 e. The van der Waals surface area contributed by atoms with Crippen LogP contribution >= 0.6 is 0 Å².